The van der Waals surface area contributed by atoms with E-state index in [-0.39, 0.29) is 0 Å². The number of aryl methyl sites for hydroxylation is 1. The van der Waals surface area contributed by atoms with E-state index in [1.807, 2.05) is 43.5 Å². The molecule has 1 aliphatic rings. The lowest BCUT2D eigenvalue weighted by Crippen LogP contribution is -2.33. The third-order valence-electron chi connectivity index (χ3n) is 5.09. The summed E-state index contributed by atoms with van der Waals surface area (Å²) in [5.41, 5.74) is 2.07. The maximum Gasteiger partial charge on any atom is 0.185 e. The van der Waals surface area contributed by atoms with Crippen molar-refractivity contribution in [3.63, 3.8) is 0 Å². The van der Waals surface area contributed by atoms with Crippen LogP contribution in [0.4, 0.5) is 16.8 Å². The van der Waals surface area contributed by atoms with Crippen molar-refractivity contribution in [2.75, 3.05) is 29.9 Å². The molecule has 0 radical (unpaired) electrons. The number of anilines is 3. The predicted molar refractivity (Wildman–Crippen MR) is 114 cm³/mol. The number of thiazole rings is 1. The quantitative estimate of drug-likeness (QED) is 0.650. The number of nitrogens with one attached hydrogen (secondary N) is 1. The molecule has 0 bridgehead atoms. The molecule has 3 aromatic heterocycles. The highest BCUT2D eigenvalue weighted by atomic mass is 32.1. The lowest BCUT2D eigenvalue weighted by molar-refractivity contribution is 0.240. The second kappa shape index (κ2) is 8.67. The molecule has 28 heavy (non-hydrogen) atoms. The number of hydrogen-bond acceptors (Lipinski definition) is 7. The summed E-state index contributed by atoms with van der Waals surface area (Å²) >= 11 is 1.68. The molecule has 3 aromatic rings. The standard InChI is InChI=1S/C21H25N5OS/c1-15-5-9-22-20(13-15)25-19-4-2-3-17(24-19)18-14-23-21(28-18)26-10-6-16(7-11-26)8-12-27/h2-5,9,13-14,16,27H,6-8,10-12H2,1H3,(H,22,24,25). The molecule has 4 rings (SSSR count). The number of piperidine rings is 1. The van der Waals surface area contributed by atoms with Crippen molar-refractivity contribution >= 4 is 28.1 Å². The first-order valence-corrected chi connectivity index (χ1v) is 10.5. The monoisotopic (exact) mass is 395 g/mol. The zero-order valence-electron chi connectivity index (χ0n) is 16.0. The zero-order valence-corrected chi connectivity index (χ0v) is 16.8. The van der Waals surface area contributed by atoms with Crippen LogP contribution >= 0.6 is 11.3 Å². The van der Waals surface area contributed by atoms with Crippen LogP contribution in [0.25, 0.3) is 10.6 Å². The Labute approximate surface area is 169 Å². The molecule has 0 unspecified atom stereocenters. The van der Waals surface area contributed by atoms with Crippen LogP contribution in [0.2, 0.25) is 0 Å². The van der Waals surface area contributed by atoms with Crippen molar-refractivity contribution in [2.24, 2.45) is 5.92 Å². The average Bonchev–Trinajstić information content (AvgIpc) is 3.19. The third kappa shape index (κ3) is 4.48. The molecule has 6 nitrogen and oxygen atoms in total. The summed E-state index contributed by atoms with van der Waals surface area (Å²) in [6.45, 7) is 4.35. The van der Waals surface area contributed by atoms with Crippen LogP contribution in [0.15, 0.2) is 42.7 Å². The van der Waals surface area contributed by atoms with Crippen molar-refractivity contribution < 1.29 is 5.11 Å². The van der Waals surface area contributed by atoms with Gasteiger partial charge in [-0.3, -0.25) is 0 Å². The first-order valence-electron chi connectivity index (χ1n) is 9.70. The lowest BCUT2D eigenvalue weighted by Gasteiger charge is -2.31. The molecule has 1 aliphatic heterocycles. The number of rotatable bonds is 6. The van der Waals surface area contributed by atoms with E-state index < -0.39 is 0 Å². The van der Waals surface area contributed by atoms with Crippen LogP contribution in [-0.4, -0.2) is 39.8 Å². The maximum atomic E-state index is 9.12. The Morgan fingerprint density at radius 3 is 2.82 bits per heavy atom. The minimum atomic E-state index is 0.292. The van der Waals surface area contributed by atoms with Crippen molar-refractivity contribution in [1.29, 1.82) is 0 Å². The van der Waals surface area contributed by atoms with Crippen LogP contribution in [0.5, 0.6) is 0 Å². The topological polar surface area (TPSA) is 74.2 Å². The van der Waals surface area contributed by atoms with Crippen molar-refractivity contribution in [2.45, 2.75) is 26.2 Å². The van der Waals surface area contributed by atoms with Gasteiger partial charge >= 0.3 is 0 Å². The zero-order chi connectivity index (χ0) is 19.3. The van der Waals surface area contributed by atoms with Gasteiger partial charge in [-0.25, -0.2) is 15.0 Å². The van der Waals surface area contributed by atoms with Gasteiger partial charge in [0.25, 0.3) is 0 Å². The van der Waals surface area contributed by atoms with Gasteiger partial charge in [0.15, 0.2) is 5.13 Å². The van der Waals surface area contributed by atoms with E-state index in [0.29, 0.717) is 12.5 Å². The van der Waals surface area contributed by atoms with Crippen molar-refractivity contribution in [3.05, 3.63) is 48.3 Å². The molecule has 0 amide bonds. The fourth-order valence-corrected chi connectivity index (χ4v) is 4.44. The Morgan fingerprint density at radius 1 is 1.18 bits per heavy atom. The molecule has 1 saturated heterocycles. The molecule has 2 N–H and O–H groups in total. The minimum Gasteiger partial charge on any atom is -0.396 e. The third-order valence-corrected chi connectivity index (χ3v) is 6.17. The molecule has 0 aliphatic carbocycles. The summed E-state index contributed by atoms with van der Waals surface area (Å²) in [5.74, 6) is 2.20. The van der Waals surface area contributed by atoms with Crippen LogP contribution in [0, 0.1) is 12.8 Å². The highest BCUT2D eigenvalue weighted by molar-refractivity contribution is 7.18. The van der Waals surface area contributed by atoms with Crippen LogP contribution in [0.3, 0.4) is 0 Å². The number of hydrogen-bond donors (Lipinski definition) is 2. The first-order chi connectivity index (χ1) is 13.7. The fourth-order valence-electron chi connectivity index (χ4n) is 3.50. The van der Waals surface area contributed by atoms with E-state index in [2.05, 4.69) is 20.2 Å². The number of aliphatic hydroxyl groups is 1. The number of pyridine rings is 2. The molecule has 7 heteroatoms. The highest BCUT2D eigenvalue weighted by Crippen LogP contribution is 2.33. The van der Waals surface area contributed by atoms with Gasteiger partial charge in [0.05, 0.1) is 10.6 Å². The number of aliphatic hydroxyl groups excluding tert-OH is 1. The lowest BCUT2D eigenvalue weighted by atomic mass is 9.94. The number of aromatic nitrogens is 3. The molecule has 146 valence electrons. The van der Waals surface area contributed by atoms with Gasteiger partial charge in [-0.15, -0.1) is 0 Å². The minimum absolute atomic E-state index is 0.292. The van der Waals surface area contributed by atoms with Crippen LogP contribution < -0.4 is 10.2 Å². The summed E-state index contributed by atoms with van der Waals surface area (Å²) in [4.78, 5) is 17.1. The van der Waals surface area contributed by atoms with Gasteiger partial charge in [-0.1, -0.05) is 17.4 Å². The largest absolute Gasteiger partial charge is 0.396 e. The molecule has 1 fully saturated rings. The van der Waals surface area contributed by atoms with Crippen molar-refractivity contribution in [1.82, 2.24) is 15.0 Å². The second-order valence-electron chi connectivity index (χ2n) is 7.20. The van der Waals surface area contributed by atoms with Crippen LogP contribution in [-0.2, 0) is 0 Å². The summed E-state index contributed by atoms with van der Waals surface area (Å²) in [5, 5.41) is 13.4. The highest BCUT2D eigenvalue weighted by Gasteiger charge is 2.21. The Hall–Kier alpha value is -2.51. The molecular weight excluding hydrogens is 370 g/mol. The Morgan fingerprint density at radius 2 is 2.04 bits per heavy atom. The van der Waals surface area contributed by atoms with E-state index in [0.717, 1.165) is 65.3 Å². The Kier molecular flexibility index (Phi) is 5.83. The summed E-state index contributed by atoms with van der Waals surface area (Å²) in [6.07, 6.45) is 6.86. The van der Waals surface area contributed by atoms with Gasteiger partial charge in [0.1, 0.15) is 11.6 Å². The molecular formula is C21H25N5OS. The summed E-state index contributed by atoms with van der Waals surface area (Å²) < 4.78 is 0. The van der Waals surface area contributed by atoms with Crippen molar-refractivity contribution in [3.8, 4) is 10.6 Å². The second-order valence-corrected chi connectivity index (χ2v) is 8.21. The molecule has 0 aromatic carbocycles. The van der Waals surface area contributed by atoms with E-state index in [1.54, 1.807) is 17.5 Å². The normalized spacial score (nSPS) is 15.0. The maximum absolute atomic E-state index is 9.12. The average molecular weight is 396 g/mol. The van der Waals surface area contributed by atoms with Gasteiger partial charge < -0.3 is 15.3 Å². The predicted octanol–water partition coefficient (Wildman–Crippen LogP) is 4.25. The van der Waals surface area contributed by atoms with E-state index >= 15 is 0 Å². The van der Waals surface area contributed by atoms with Gasteiger partial charge in [0, 0.05) is 32.1 Å². The smallest absolute Gasteiger partial charge is 0.185 e. The van der Waals surface area contributed by atoms with E-state index in [1.165, 1.54) is 0 Å². The molecule has 0 atom stereocenters. The molecule has 0 spiro atoms. The summed E-state index contributed by atoms with van der Waals surface area (Å²) in [7, 11) is 0. The van der Waals surface area contributed by atoms with E-state index in [9.17, 15) is 0 Å². The SMILES string of the molecule is Cc1ccnc(Nc2cccc(-c3cnc(N4CCC(CCO)CC4)s3)n2)c1. The Balaban J connectivity index is 1.45. The van der Waals surface area contributed by atoms with Crippen LogP contribution in [0.1, 0.15) is 24.8 Å². The molecule has 0 saturated carbocycles. The number of nitrogens with zero attached hydrogens (tertiary/aromatic N) is 4. The van der Waals surface area contributed by atoms with Gasteiger partial charge in [0.2, 0.25) is 0 Å². The molecule has 4 heterocycles. The van der Waals surface area contributed by atoms with Gasteiger partial charge in [-0.05, 0) is 61.9 Å². The first kappa shape index (κ1) is 18.8. The van der Waals surface area contributed by atoms with E-state index in [4.69, 9.17) is 10.1 Å². The van der Waals surface area contributed by atoms with Gasteiger partial charge in [-0.2, -0.15) is 0 Å². The Bertz CT molecular complexity index is 920. The summed E-state index contributed by atoms with van der Waals surface area (Å²) in [6, 6.07) is 9.93. The fraction of sp³-hybridized carbons (Fsp3) is 0.381.